The molecule has 5 nitrogen and oxygen atoms in total. The highest BCUT2D eigenvalue weighted by Gasteiger charge is 2.05. The molecule has 0 aliphatic carbocycles. The largest absolute Gasteiger partial charge is 0.332 e. The Hall–Kier alpha value is -2.61. The number of aryl methyl sites for hydroxylation is 1. The lowest BCUT2D eigenvalue weighted by atomic mass is 10.2. The number of nitriles is 1. The smallest absolute Gasteiger partial charge is 0.273 e. The van der Waals surface area contributed by atoms with Crippen LogP contribution in [0.5, 0.6) is 0 Å². The van der Waals surface area contributed by atoms with E-state index in [9.17, 15) is 9.59 Å². The first-order chi connectivity index (χ1) is 8.11. The van der Waals surface area contributed by atoms with Crippen LogP contribution in [0.15, 0.2) is 40.1 Å². The van der Waals surface area contributed by atoms with Gasteiger partial charge < -0.3 is 0 Å². The zero-order valence-corrected chi connectivity index (χ0v) is 9.10. The van der Waals surface area contributed by atoms with Gasteiger partial charge in [0.2, 0.25) is 0 Å². The summed E-state index contributed by atoms with van der Waals surface area (Å²) in [5, 5.41) is 8.75. The van der Waals surface area contributed by atoms with Crippen LogP contribution in [0.25, 0.3) is 5.69 Å². The summed E-state index contributed by atoms with van der Waals surface area (Å²) in [6.45, 7) is 1.89. The van der Waals surface area contributed by atoms with Gasteiger partial charge in [-0.25, -0.2) is 4.79 Å². The molecule has 0 saturated carbocycles. The molecule has 0 bridgehead atoms. The summed E-state index contributed by atoms with van der Waals surface area (Å²) in [6.07, 6.45) is 1.25. The fourth-order valence-electron chi connectivity index (χ4n) is 1.52. The number of aromatic amines is 1. The summed E-state index contributed by atoms with van der Waals surface area (Å²) in [4.78, 5) is 25.0. The molecule has 0 atom stereocenters. The van der Waals surface area contributed by atoms with Crippen molar-refractivity contribution in [2.24, 2.45) is 0 Å². The highest BCUT2D eigenvalue weighted by molar-refractivity contribution is 5.36. The van der Waals surface area contributed by atoms with E-state index in [1.165, 1.54) is 10.8 Å². The molecule has 0 aliphatic rings. The van der Waals surface area contributed by atoms with Crippen LogP contribution < -0.4 is 11.2 Å². The monoisotopic (exact) mass is 227 g/mol. The average Bonchev–Trinajstić information content (AvgIpc) is 2.29. The topological polar surface area (TPSA) is 78.7 Å². The van der Waals surface area contributed by atoms with Crippen molar-refractivity contribution in [2.45, 2.75) is 6.92 Å². The number of benzene rings is 1. The van der Waals surface area contributed by atoms with Gasteiger partial charge in [-0.3, -0.25) is 14.3 Å². The summed E-state index contributed by atoms with van der Waals surface area (Å²) in [6, 6.07) is 8.96. The van der Waals surface area contributed by atoms with Crippen LogP contribution in [0.2, 0.25) is 0 Å². The van der Waals surface area contributed by atoms with Gasteiger partial charge in [0.1, 0.15) is 11.6 Å². The molecule has 2 rings (SSSR count). The first-order valence-electron chi connectivity index (χ1n) is 4.95. The zero-order valence-electron chi connectivity index (χ0n) is 9.10. The fraction of sp³-hybridized carbons (Fsp3) is 0.0833. The van der Waals surface area contributed by atoms with Crippen molar-refractivity contribution in [3.63, 3.8) is 0 Å². The minimum Gasteiger partial charge on any atom is -0.273 e. The molecule has 0 spiro atoms. The normalized spacial score (nSPS) is 9.88. The van der Waals surface area contributed by atoms with Crippen LogP contribution in [-0.2, 0) is 0 Å². The van der Waals surface area contributed by atoms with Gasteiger partial charge in [-0.15, -0.1) is 0 Å². The highest BCUT2D eigenvalue weighted by Crippen LogP contribution is 2.07. The lowest BCUT2D eigenvalue weighted by Gasteiger charge is -2.05. The van der Waals surface area contributed by atoms with Gasteiger partial charge in [-0.2, -0.15) is 5.26 Å². The van der Waals surface area contributed by atoms with Crippen molar-refractivity contribution >= 4 is 0 Å². The van der Waals surface area contributed by atoms with Crippen LogP contribution in [0.4, 0.5) is 0 Å². The van der Waals surface area contributed by atoms with Gasteiger partial charge in [0.05, 0.1) is 5.69 Å². The van der Waals surface area contributed by atoms with E-state index in [0.29, 0.717) is 5.69 Å². The average molecular weight is 227 g/mol. The Kier molecular flexibility index (Phi) is 2.63. The predicted molar refractivity (Wildman–Crippen MR) is 62.1 cm³/mol. The van der Waals surface area contributed by atoms with Crippen molar-refractivity contribution in [1.29, 1.82) is 5.26 Å². The number of hydrogen-bond donors (Lipinski definition) is 1. The molecule has 0 amide bonds. The molecule has 0 saturated heterocycles. The second-order valence-corrected chi connectivity index (χ2v) is 3.62. The number of rotatable bonds is 1. The summed E-state index contributed by atoms with van der Waals surface area (Å²) >= 11 is 0. The fourth-order valence-corrected chi connectivity index (χ4v) is 1.52. The van der Waals surface area contributed by atoms with Crippen LogP contribution in [0.3, 0.4) is 0 Å². The lowest BCUT2D eigenvalue weighted by molar-refractivity contribution is 0.888. The Labute approximate surface area is 96.6 Å². The van der Waals surface area contributed by atoms with E-state index < -0.39 is 11.2 Å². The molecule has 17 heavy (non-hydrogen) atoms. The molecule has 1 aromatic carbocycles. The third kappa shape index (κ3) is 2.01. The number of nitrogens with zero attached hydrogens (tertiary/aromatic N) is 2. The lowest BCUT2D eigenvalue weighted by Crippen LogP contribution is -2.30. The molecule has 1 N–H and O–H groups in total. The molecule has 0 unspecified atom stereocenters. The standard InChI is InChI=1S/C12H9N3O2/c1-8-3-2-4-10(5-8)15-7-9(6-13)11(16)14-12(15)17/h2-5,7H,1H3,(H,14,16,17). The van der Waals surface area contributed by atoms with Crippen LogP contribution >= 0.6 is 0 Å². The second kappa shape index (κ2) is 4.10. The van der Waals surface area contributed by atoms with Gasteiger partial charge in [0.15, 0.2) is 0 Å². The molecular weight excluding hydrogens is 218 g/mol. The minimum absolute atomic E-state index is 0.0916. The van der Waals surface area contributed by atoms with E-state index in [4.69, 9.17) is 5.26 Å². The van der Waals surface area contributed by atoms with E-state index in [1.807, 2.05) is 13.0 Å². The number of nitrogens with one attached hydrogen (secondary N) is 1. The van der Waals surface area contributed by atoms with Gasteiger partial charge in [-0.1, -0.05) is 12.1 Å². The van der Waals surface area contributed by atoms with Crippen LogP contribution in [0, 0.1) is 18.3 Å². The maximum Gasteiger partial charge on any atom is 0.332 e. The summed E-state index contributed by atoms with van der Waals surface area (Å²) in [5.41, 5.74) is 0.286. The predicted octanol–water partition coefficient (Wildman–Crippen LogP) is 0.706. The first kappa shape index (κ1) is 10.9. The van der Waals surface area contributed by atoms with Gasteiger partial charge in [0.25, 0.3) is 5.56 Å². The Morgan fingerprint density at radius 2 is 2.12 bits per heavy atom. The first-order valence-corrected chi connectivity index (χ1v) is 4.95. The van der Waals surface area contributed by atoms with Crippen LogP contribution in [-0.4, -0.2) is 9.55 Å². The third-order valence-electron chi connectivity index (χ3n) is 2.34. The zero-order chi connectivity index (χ0) is 12.4. The van der Waals surface area contributed by atoms with E-state index in [2.05, 4.69) is 4.98 Å². The molecule has 1 aromatic heterocycles. The van der Waals surface area contributed by atoms with Gasteiger partial charge in [0, 0.05) is 6.20 Å². The van der Waals surface area contributed by atoms with Crippen molar-refractivity contribution in [2.75, 3.05) is 0 Å². The molecule has 0 radical (unpaired) electrons. The molecule has 84 valence electrons. The molecule has 5 heteroatoms. The highest BCUT2D eigenvalue weighted by atomic mass is 16.2. The maximum atomic E-state index is 11.6. The Bertz CT molecular complexity index is 720. The summed E-state index contributed by atoms with van der Waals surface area (Å²) < 4.78 is 1.24. The molecule has 0 aliphatic heterocycles. The maximum absolute atomic E-state index is 11.6. The molecular formula is C12H9N3O2. The second-order valence-electron chi connectivity index (χ2n) is 3.62. The third-order valence-corrected chi connectivity index (χ3v) is 2.34. The van der Waals surface area contributed by atoms with Gasteiger partial charge >= 0.3 is 5.69 Å². The molecule has 2 aromatic rings. The molecule has 1 heterocycles. The van der Waals surface area contributed by atoms with E-state index in [-0.39, 0.29) is 5.56 Å². The Morgan fingerprint density at radius 3 is 2.76 bits per heavy atom. The minimum atomic E-state index is -0.665. The van der Waals surface area contributed by atoms with Crippen molar-refractivity contribution in [3.05, 3.63) is 62.4 Å². The number of hydrogen-bond acceptors (Lipinski definition) is 3. The van der Waals surface area contributed by atoms with E-state index in [0.717, 1.165) is 5.56 Å². The van der Waals surface area contributed by atoms with Crippen molar-refractivity contribution < 1.29 is 0 Å². The summed E-state index contributed by atoms with van der Waals surface area (Å²) in [7, 11) is 0. The molecule has 0 fully saturated rings. The van der Waals surface area contributed by atoms with E-state index >= 15 is 0 Å². The SMILES string of the molecule is Cc1cccc(-n2cc(C#N)c(=O)[nH]c2=O)c1. The summed E-state index contributed by atoms with van der Waals surface area (Å²) in [5.74, 6) is 0. The number of aromatic nitrogens is 2. The Morgan fingerprint density at radius 1 is 1.35 bits per heavy atom. The van der Waals surface area contributed by atoms with Crippen molar-refractivity contribution in [3.8, 4) is 11.8 Å². The Balaban J connectivity index is 2.73. The number of H-pyrrole nitrogens is 1. The van der Waals surface area contributed by atoms with Gasteiger partial charge in [-0.05, 0) is 24.6 Å². The van der Waals surface area contributed by atoms with E-state index in [1.54, 1.807) is 24.3 Å². The quantitative estimate of drug-likeness (QED) is 0.779. The van der Waals surface area contributed by atoms with Crippen LogP contribution in [0.1, 0.15) is 11.1 Å². The van der Waals surface area contributed by atoms with Crippen molar-refractivity contribution in [1.82, 2.24) is 9.55 Å².